The van der Waals surface area contributed by atoms with Gasteiger partial charge in [-0.05, 0) is 136 Å². The van der Waals surface area contributed by atoms with Gasteiger partial charge in [-0.2, -0.15) is 0 Å². The van der Waals surface area contributed by atoms with Crippen molar-refractivity contribution < 1.29 is 49.0 Å². The summed E-state index contributed by atoms with van der Waals surface area (Å²) in [5.74, 6) is -0.477. The van der Waals surface area contributed by atoms with E-state index in [1.54, 1.807) is 61.2 Å². The Bertz CT molecular complexity index is 2990. The van der Waals surface area contributed by atoms with E-state index in [0.717, 1.165) is 55.7 Å². The van der Waals surface area contributed by atoms with Gasteiger partial charge in [-0.1, -0.05) is 82.8 Å². The van der Waals surface area contributed by atoms with Crippen LogP contribution in [-0.2, 0) is 35.9 Å². The summed E-state index contributed by atoms with van der Waals surface area (Å²) in [6.45, 7) is 12.2. The van der Waals surface area contributed by atoms with Crippen LogP contribution < -0.4 is 18.9 Å². The van der Waals surface area contributed by atoms with E-state index in [0.29, 0.717) is 49.9 Å². The first-order chi connectivity index (χ1) is 35.8. The number of allylic oxidation sites excluding steroid dienone is 4. The number of nitrogens with one attached hydrogen (secondary N) is 2. The third-order valence-electron chi connectivity index (χ3n) is 12.7. The second-order valence-corrected chi connectivity index (χ2v) is 22.6. The average Bonchev–Trinajstić information content (AvgIpc) is 3.37. The van der Waals surface area contributed by atoms with Gasteiger partial charge in [-0.25, -0.2) is 0 Å². The van der Waals surface area contributed by atoms with E-state index >= 15 is 0 Å². The highest BCUT2D eigenvalue weighted by atomic mass is 127. The van der Waals surface area contributed by atoms with E-state index in [9.17, 15) is 24.9 Å². The van der Waals surface area contributed by atoms with Crippen LogP contribution in [-0.4, -0.2) is 115 Å². The van der Waals surface area contributed by atoms with Gasteiger partial charge in [0, 0.05) is 61.3 Å². The molecule has 5 rings (SSSR count). The highest BCUT2D eigenvalue weighted by molar-refractivity contribution is 14.2. The number of rotatable bonds is 29. The first-order valence-electron chi connectivity index (χ1n) is 24.1. The lowest BCUT2D eigenvalue weighted by Crippen LogP contribution is -2.38. The van der Waals surface area contributed by atoms with Gasteiger partial charge in [0.1, 0.15) is 68.1 Å². The van der Waals surface area contributed by atoms with E-state index in [2.05, 4.69) is 27.3 Å². The van der Waals surface area contributed by atoms with Gasteiger partial charge < -0.3 is 50.2 Å². The van der Waals surface area contributed by atoms with Crippen LogP contribution in [0.3, 0.4) is 0 Å². The molecule has 17 heteroatoms. The molecule has 0 radical (unpaired) electrons. The Morgan fingerprint density at radius 3 is 1.76 bits per heavy atom. The molecule has 14 nitrogen and oxygen atoms in total. The predicted octanol–water partition coefficient (Wildman–Crippen LogP) is 10.8. The number of aliphatic carboxylic acids is 2. The molecule has 0 saturated heterocycles. The molecule has 0 amide bonds. The van der Waals surface area contributed by atoms with Crippen LogP contribution in [0.15, 0.2) is 118 Å². The lowest BCUT2D eigenvalue weighted by Gasteiger charge is -2.25. The molecule has 1 aliphatic rings. The third-order valence-corrected chi connectivity index (χ3v) is 16.4. The normalized spacial score (nSPS) is 13.9. The summed E-state index contributed by atoms with van der Waals surface area (Å²) in [7, 11) is 3.36. The van der Waals surface area contributed by atoms with Crippen LogP contribution in [0.25, 0.3) is 11.1 Å². The molecule has 1 heterocycles. The van der Waals surface area contributed by atoms with Crippen molar-refractivity contribution in [3.63, 3.8) is 0 Å². The van der Waals surface area contributed by atoms with Crippen molar-refractivity contribution in [3.8, 4) is 34.1 Å². The summed E-state index contributed by atoms with van der Waals surface area (Å²) >= 11 is 12.0. The molecule has 400 valence electrons. The van der Waals surface area contributed by atoms with Crippen molar-refractivity contribution in [2.24, 2.45) is 0 Å². The Labute approximate surface area is 456 Å². The highest BCUT2D eigenvalue weighted by Crippen LogP contribution is 2.38. The summed E-state index contributed by atoms with van der Waals surface area (Å²) in [6, 6.07) is 17.0. The van der Waals surface area contributed by atoms with Gasteiger partial charge in [-0.3, -0.25) is 19.4 Å². The lowest BCUT2D eigenvalue weighted by atomic mass is 9.92. The van der Waals surface area contributed by atoms with Gasteiger partial charge in [0.25, 0.3) is 0 Å². The van der Waals surface area contributed by atoms with E-state index < -0.39 is 42.9 Å². The standard InChI is InChI=1S/C58H67Cl2IN4O10/c1-9-39(22-42(10-2)38(5)63)32-72-53-25-55(49(59)23-45(53)30-64(7)51(17-19-66)57(68)69)74-34-43-13-11-15-47(36(43)3)48-16-12-14-44(37(48)4)35-75-56-26-54(73-33-41-21-40(29-62)27-61(6)28-41)46(24-50(56)60)31-65(8)52(18-20-67)58(70)71/h9-16,21-29,51-52,62-63,66-67H,1,6,17-20,30-35H2,2-5,7-8H3,(H,68,69)(H,70,71)/p+1/b39-22+,42-10+,62-29?,63-38?/t51-,52-/m0/s1. The molecule has 0 spiro atoms. The minimum atomic E-state index is -1.78. The number of carbonyl (C=O) groups is 2. The van der Waals surface area contributed by atoms with Gasteiger partial charge in [-0.15, -0.1) is 18.9 Å². The molecule has 0 aliphatic carbocycles. The van der Waals surface area contributed by atoms with Crippen LogP contribution in [0.1, 0.15) is 60.1 Å². The maximum Gasteiger partial charge on any atom is 0.321 e. The Hall–Kier alpha value is -6.05. The lowest BCUT2D eigenvalue weighted by molar-refractivity contribution is -0.144. The van der Waals surface area contributed by atoms with E-state index in [1.807, 2.05) is 67.3 Å². The quantitative estimate of drug-likeness (QED) is 0.0150. The topological polar surface area (TPSA) is 209 Å². The fourth-order valence-corrected chi connectivity index (χ4v) is 11.8. The smallest absolute Gasteiger partial charge is 0.321 e. The number of hydrogen-bond acceptors (Lipinski definition) is 11. The number of benzene rings is 4. The molecule has 0 saturated carbocycles. The monoisotopic (exact) mass is 1180 g/mol. The Morgan fingerprint density at radius 1 is 0.800 bits per heavy atom. The van der Waals surface area contributed by atoms with Gasteiger partial charge >= 0.3 is 11.9 Å². The van der Waals surface area contributed by atoms with E-state index in [1.165, 1.54) is 6.21 Å². The predicted molar refractivity (Wildman–Crippen MR) is 312 cm³/mol. The van der Waals surface area contributed by atoms with Crippen molar-refractivity contribution in [2.45, 2.75) is 78.9 Å². The zero-order chi connectivity index (χ0) is 54.9. The Morgan fingerprint density at radius 2 is 1.31 bits per heavy atom. The summed E-state index contributed by atoms with van der Waals surface area (Å²) in [4.78, 5) is 27.5. The van der Waals surface area contributed by atoms with Crippen molar-refractivity contribution in [1.82, 2.24) is 9.80 Å². The molecule has 4 aromatic rings. The molecule has 2 atom stereocenters. The van der Waals surface area contributed by atoms with E-state index in [4.69, 9.17) is 58.1 Å². The van der Waals surface area contributed by atoms with Gasteiger partial charge in [0.15, 0.2) is 0 Å². The van der Waals surface area contributed by atoms with Crippen molar-refractivity contribution >= 4 is 74.5 Å². The summed E-state index contributed by atoms with van der Waals surface area (Å²) in [6.07, 6.45) is 8.71. The number of carboxylic acids is 2. The minimum Gasteiger partial charge on any atom is -0.488 e. The maximum atomic E-state index is 12.1. The Balaban J connectivity index is 1.41. The fraction of sp³-hybridized carbons (Fsp3) is 0.310. The molecule has 7 N–H and O–H groups in total. The number of ether oxygens (including phenoxy) is 4. The van der Waals surface area contributed by atoms with Gasteiger partial charge in [0.2, 0.25) is 0 Å². The SMILES string of the molecule is C=C/C(=C\C(=C/C)C(C)=N)COc1cc(OCc2cccc(-c3cccc(COc4cc(OCC5=CI(=C)=CC(C=N)=C5)c(CN(C)[C@@H](CCO)C(=O)O)cc4Cl)c3C)c2C)c(Cl)cc1CN(C)[C@@H](CC[OH2+])C(=O)O. The minimum absolute atomic E-state index is 0.0421. The summed E-state index contributed by atoms with van der Waals surface area (Å²) in [5, 5.41) is 53.6. The van der Waals surface area contributed by atoms with Crippen LogP contribution in [0.5, 0.6) is 23.0 Å². The molecular formula is C58H68Cl2IN4O10+. The third kappa shape index (κ3) is 16.5. The molecule has 0 bridgehead atoms. The van der Waals surface area contributed by atoms with Crippen LogP contribution in [0, 0.1) is 24.7 Å². The number of halogens is 3. The first-order valence-corrected chi connectivity index (χ1v) is 28.8. The number of hydrogen-bond donors (Lipinski definition) is 5. The number of nitrogens with zero attached hydrogens (tertiary/aromatic N) is 2. The van der Waals surface area contributed by atoms with Gasteiger partial charge in [0.05, 0.1) is 10.0 Å². The molecule has 1 aliphatic heterocycles. The van der Waals surface area contributed by atoms with E-state index in [-0.39, 0.29) is 65.6 Å². The fourth-order valence-electron chi connectivity index (χ4n) is 8.43. The zero-order valence-electron chi connectivity index (χ0n) is 43.3. The van der Waals surface area contributed by atoms with Crippen LogP contribution in [0.2, 0.25) is 10.0 Å². The summed E-state index contributed by atoms with van der Waals surface area (Å²) in [5.41, 5.74) is 10.5. The maximum absolute atomic E-state index is 12.1. The van der Waals surface area contributed by atoms with Crippen LogP contribution in [0.4, 0.5) is 0 Å². The van der Waals surface area contributed by atoms with Crippen molar-refractivity contribution in [3.05, 3.63) is 161 Å². The number of likely N-dealkylation sites (N-methyl/N-ethyl adjacent to an activating group) is 2. The second-order valence-electron chi connectivity index (χ2n) is 18.0. The number of carboxylic acid groups (broad SMARTS) is 2. The number of aliphatic hydroxyl groups is 1. The largest absolute Gasteiger partial charge is 0.488 e. The molecule has 4 aromatic carbocycles. The molecule has 0 unspecified atom stereocenters. The molecule has 0 fully saturated rings. The second kappa shape index (κ2) is 28.7. The Kier molecular flexibility index (Phi) is 22.9. The van der Waals surface area contributed by atoms with Crippen LogP contribution >= 0.6 is 42.1 Å². The molecular weight excluding hydrogens is 1110 g/mol. The summed E-state index contributed by atoms with van der Waals surface area (Å²) < 4.78 is 34.1. The first kappa shape index (κ1) is 59.8. The van der Waals surface area contributed by atoms with Crippen molar-refractivity contribution in [2.75, 3.05) is 40.5 Å². The van der Waals surface area contributed by atoms with Crippen molar-refractivity contribution in [1.29, 1.82) is 10.8 Å². The average molecular weight is 1180 g/mol. The highest BCUT2D eigenvalue weighted by Gasteiger charge is 2.26. The number of aliphatic hydroxyl groups excluding tert-OH is 1. The molecule has 0 aromatic heterocycles. The molecule has 75 heavy (non-hydrogen) atoms. The zero-order valence-corrected chi connectivity index (χ0v) is 46.9.